The van der Waals surface area contributed by atoms with Crippen LogP contribution in [0.5, 0.6) is 11.5 Å². The summed E-state index contributed by atoms with van der Waals surface area (Å²) in [5.74, 6) is 0.992. The molecule has 0 unspecified atom stereocenters. The van der Waals surface area contributed by atoms with Gasteiger partial charge in [-0.1, -0.05) is 11.6 Å². The molecule has 0 atom stereocenters. The van der Waals surface area contributed by atoms with Crippen molar-refractivity contribution < 1.29 is 14.8 Å². The van der Waals surface area contributed by atoms with Gasteiger partial charge in [0.1, 0.15) is 11.5 Å². The molecule has 0 aromatic heterocycles. The Labute approximate surface area is 120 Å². The minimum atomic E-state index is -0.540. The van der Waals surface area contributed by atoms with E-state index in [1.54, 1.807) is 18.2 Å². The van der Waals surface area contributed by atoms with E-state index in [2.05, 4.69) is 0 Å². The van der Waals surface area contributed by atoms with E-state index in [1.165, 1.54) is 18.2 Å². The number of aliphatic hydroxyl groups is 1. The first-order valence-corrected chi connectivity index (χ1v) is 6.21. The zero-order valence-electron chi connectivity index (χ0n) is 10.7. The Bertz CT molecular complexity index is 658. The molecule has 0 bridgehead atoms. The lowest BCUT2D eigenvalue weighted by Gasteiger charge is -2.08. The van der Waals surface area contributed by atoms with Crippen molar-refractivity contribution in [2.45, 2.75) is 13.5 Å². The fourth-order valence-corrected chi connectivity index (χ4v) is 1.86. The van der Waals surface area contributed by atoms with Crippen molar-refractivity contribution in [3.8, 4) is 11.5 Å². The number of ether oxygens (including phenoxy) is 1. The predicted octanol–water partition coefficient (Wildman–Crippen LogP) is 3.84. The second-order valence-electron chi connectivity index (χ2n) is 4.22. The third-order valence-corrected chi connectivity index (χ3v) is 3.21. The van der Waals surface area contributed by atoms with E-state index in [4.69, 9.17) is 21.4 Å². The van der Waals surface area contributed by atoms with Crippen LogP contribution in [-0.2, 0) is 6.61 Å². The Hall–Kier alpha value is -2.11. The number of nitrogens with zero attached hydrogens (tertiary/aromatic N) is 1. The highest BCUT2D eigenvalue weighted by Crippen LogP contribution is 2.29. The van der Waals surface area contributed by atoms with Crippen molar-refractivity contribution >= 4 is 17.3 Å². The van der Waals surface area contributed by atoms with Gasteiger partial charge < -0.3 is 9.84 Å². The summed E-state index contributed by atoms with van der Waals surface area (Å²) >= 11 is 5.92. The van der Waals surface area contributed by atoms with Gasteiger partial charge in [-0.2, -0.15) is 0 Å². The van der Waals surface area contributed by atoms with E-state index in [1.807, 2.05) is 6.92 Å². The molecule has 20 heavy (non-hydrogen) atoms. The van der Waals surface area contributed by atoms with Crippen LogP contribution in [0.3, 0.4) is 0 Å². The van der Waals surface area contributed by atoms with Gasteiger partial charge in [-0.25, -0.2) is 0 Å². The molecule has 0 saturated heterocycles. The van der Waals surface area contributed by atoms with Gasteiger partial charge >= 0.3 is 0 Å². The monoisotopic (exact) mass is 293 g/mol. The molecule has 5 nitrogen and oxygen atoms in total. The van der Waals surface area contributed by atoms with Crippen LogP contribution in [0.25, 0.3) is 0 Å². The van der Waals surface area contributed by atoms with Gasteiger partial charge in [0, 0.05) is 11.1 Å². The van der Waals surface area contributed by atoms with Gasteiger partial charge in [-0.3, -0.25) is 10.1 Å². The Balaban J connectivity index is 2.29. The normalized spacial score (nSPS) is 10.3. The molecule has 0 amide bonds. The third-order valence-electron chi connectivity index (χ3n) is 2.78. The molecule has 104 valence electrons. The number of halogens is 1. The average molecular weight is 294 g/mol. The molecular weight excluding hydrogens is 282 g/mol. The number of rotatable bonds is 4. The van der Waals surface area contributed by atoms with Crippen molar-refractivity contribution in [3.05, 3.63) is 62.7 Å². The Morgan fingerprint density at radius 2 is 1.90 bits per heavy atom. The number of nitro groups is 1. The molecule has 0 fully saturated rings. The van der Waals surface area contributed by atoms with E-state index < -0.39 is 11.5 Å². The number of nitro benzene ring substituents is 1. The van der Waals surface area contributed by atoms with Gasteiger partial charge in [0.2, 0.25) is 0 Å². The van der Waals surface area contributed by atoms with Gasteiger partial charge in [0.25, 0.3) is 5.69 Å². The van der Waals surface area contributed by atoms with Crippen molar-refractivity contribution in [2.75, 3.05) is 0 Å². The fraction of sp³-hybridized carbons (Fsp3) is 0.143. The first-order valence-electron chi connectivity index (χ1n) is 5.83. The minimum Gasteiger partial charge on any atom is -0.457 e. The third kappa shape index (κ3) is 3.07. The molecule has 0 aliphatic rings. The zero-order valence-corrected chi connectivity index (χ0v) is 11.4. The summed E-state index contributed by atoms with van der Waals surface area (Å²) in [6.07, 6.45) is 0. The summed E-state index contributed by atoms with van der Waals surface area (Å²) in [6, 6.07) is 9.43. The first kappa shape index (κ1) is 14.3. The molecule has 0 aliphatic heterocycles. The van der Waals surface area contributed by atoms with Gasteiger partial charge in [-0.05, 0) is 42.8 Å². The van der Waals surface area contributed by atoms with Crippen LogP contribution in [0.15, 0.2) is 36.4 Å². The zero-order chi connectivity index (χ0) is 14.7. The topological polar surface area (TPSA) is 72.6 Å². The van der Waals surface area contributed by atoms with Crippen molar-refractivity contribution in [1.29, 1.82) is 0 Å². The largest absolute Gasteiger partial charge is 0.457 e. The fourth-order valence-electron chi connectivity index (χ4n) is 1.75. The van der Waals surface area contributed by atoms with Crippen LogP contribution in [0, 0.1) is 17.0 Å². The summed E-state index contributed by atoms with van der Waals surface area (Å²) in [7, 11) is 0. The molecule has 0 radical (unpaired) electrons. The minimum absolute atomic E-state index is 0.132. The predicted molar refractivity (Wildman–Crippen MR) is 75.3 cm³/mol. The molecule has 2 aromatic rings. The highest BCUT2D eigenvalue weighted by molar-refractivity contribution is 6.31. The molecule has 0 spiro atoms. The van der Waals surface area contributed by atoms with Crippen molar-refractivity contribution in [3.63, 3.8) is 0 Å². The number of benzene rings is 2. The SMILES string of the molecule is Cc1cc(Oc2ccc([N+](=O)[O-])c(CO)c2)ccc1Cl. The molecule has 0 aliphatic carbocycles. The Morgan fingerprint density at radius 3 is 2.50 bits per heavy atom. The van der Waals surface area contributed by atoms with Crippen LogP contribution in [0.4, 0.5) is 5.69 Å². The number of hydrogen-bond donors (Lipinski definition) is 1. The van der Waals surface area contributed by atoms with E-state index in [-0.39, 0.29) is 11.3 Å². The lowest BCUT2D eigenvalue weighted by atomic mass is 10.2. The molecule has 0 heterocycles. The number of aryl methyl sites for hydroxylation is 1. The molecule has 2 aromatic carbocycles. The standard InChI is InChI=1S/C14H12ClNO4/c1-9-6-11(2-4-13(9)15)20-12-3-5-14(16(18)19)10(7-12)8-17/h2-7,17H,8H2,1H3. The smallest absolute Gasteiger partial charge is 0.275 e. The Kier molecular flexibility index (Phi) is 4.22. The highest BCUT2D eigenvalue weighted by Gasteiger charge is 2.14. The summed E-state index contributed by atoms with van der Waals surface area (Å²) < 4.78 is 5.60. The average Bonchev–Trinajstić information content (AvgIpc) is 2.42. The van der Waals surface area contributed by atoms with E-state index in [0.717, 1.165) is 5.56 Å². The second kappa shape index (κ2) is 5.90. The van der Waals surface area contributed by atoms with Crippen LogP contribution in [0.2, 0.25) is 5.02 Å². The summed E-state index contributed by atoms with van der Waals surface area (Å²) in [4.78, 5) is 10.2. The molecule has 0 saturated carbocycles. The van der Waals surface area contributed by atoms with Crippen LogP contribution in [0.1, 0.15) is 11.1 Å². The molecule has 2 rings (SSSR count). The lowest BCUT2D eigenvalue weighted by molar-refractivity contribution is -0.385. The second-order valence-corrected chi connectivity index (χ2v) is 4.63. The van der Waals surface area contributed by atoms with Gasteiger partial charge in [-0.15, -0.1) is 0 Å². The number of aliphatic hydroxyl groups excluding tert-OH is 1. The van der Waals surface area contributed by atoms with Crippen molar-refractivity contribution in [2.24, 2.45) is 0 Å². The van der Waals surface area contributed by atoms with E-state index >= 15 is 0 Å². The first-order chi connectivity index (χ1) is 9.51. The summed E-state index contributed by atoms with van der Waals surface area (Å²) in [5.41, 5.74) is 0.943. The molecular formula is C14H12ClNO4. The van der Waals surface area contributed by atoms with Gasteiger partial charge in [0.15, 0.2) is 0 Å². The Morgan fingerprint density at radius 1 is 1.25 bits per heavy atom. The van der Waals surface area contributed by atoms with E-state index in [9.17, 15) is 10.1 Å². The highest BCUT2D eigenvalue weighted by atomic mass is 35.5. The summed E-state index contributed by atoms with van der Waals surface area (Å²) in [6.45, 7) is 1.43. The number of hydrogen-bond acceptors (Lipinski definition) is 4. The molecule has 6 heteroatoms. The van der Waals surface area contributed by atoms with Crippen molar-refractivity contribution in [1.82, 2.24) is 0 Å². The maximum absolute atomic E-state index is 10.8. The molecule has 1 N–H and O–H groups in total. The van der Waals surface area contributed by atoms with E-state index in [0.29, 0.717) is 16.5 Å². The van der Waals surface area contributed by atoms with Crippen LogP contribution in [-0.4, -0.2) is 10.0 Å². The van der Waals surface area contributed by atoms with Crippen LogP contribution < -0.4 is 4.74 Å². The quantitative estimate of drug-likeness (QED) is 0.686. The summed E-state index contributed by atoms with van der Waals surface area (Å²) in [5, 5.41) is 20.6. The lowest BCUT2D eigenvalue weighted by Crippen LogP contribution is -1.96. The maximum Gasteiger partial charge on any atom is 0.275 e. The van der Waals surface area contributed by atoms with Gasteiger partial charge in [0.05, 0.1) is 17.1 Å². The van der Waals surface area contributed by atoms with Crippen LogP contribution >= 0.6 is 11.6 Å². The maximum atomic E-state index is 10.8.